The Labute approximate surface area is 93.4 Å². The minimum atomic E-state index is 0.0804. The van der Waals surface area contributed by atoms with Crippen molar-refractivity contribution in [3.63, 3.8) is 0 Å². The molecule has 2 fully saturated rings. The lowest BCUT2D eigenvalue weighted by Crippen LogP contribution is -2.52. The molecule has 0 radical (unpaired) electrons. The lowest BCUT2D eigenvalue weighted by molar-refractivity contribution is -0.132. The van der Waals surface area contributed by atoms with Crippen molar-refractivity contribution in [2.75, 3.05) is 42.6 Å². The molecule has 14 heavy (non-hydrogen) atoms. The number of hydrogen-bond donors (Lipinski definition) is 1. The molecule has 2 heterocycles. The molecule has 0 aromatic rings. The Balaban J connectivity index is 1.85. The van der Waals surface area contributed by atoms with Crippen molar-refractivity contribution in [2.24, 2.45) is 0 Å². The van der Waals surface area contributed by atoms with E-state index >= 15 is 0 Å². The summed E-state index contributed by atoms with van der Waals surface area (Å²) in [7, 11) is 0. The van der Waals surface area contributed by atoms with Crippen molar-refractivity contribution in [3.8, 4) is 0 Å². The summed E-state index contributed by atoms with van der Waals surface area (Å²) in [5.74, 6) is 4.61. The fourth-order valence-corrected chi connectivity index (χ4v) is 3.56. The van der Waals surface area contributed by atoms with Crippen molar-refractivity contribution < 1.29 is 4.79 Å². The molecule has 0 bridgehead atoms. The van der Waals surface area contributed by atoms with Gasteiger partial charge in [-0.25, -0.2) is 0 Å². The van der Waals surface area contributed by atoms with Crippen molar-refractivity contribution in [1.82, 2.24) is 10.2 Å². The van der Waals surface area contributed by atoms with E-state index in [1.54, 1.807) is 0 Å². The number of rotatable bonds is 1. The number of amides is 1. The molecule has 80 valence electrons. The van der Waals surface area contributed by atoms with E-state index in [9.17, 15) is 4.79 Å². The second-order valence-corrected chi connectivity index (χ2v) is 5.89. The highest BCUT2D eigenvalue weighted by Crippen LogP contribution is 2.14. The molecule has 2 aliphatic rings. The van der Waals surface area contributed by atoms with Crippen LogP contribution in [0.1, 0.15) is 0 Å². The minimum Gasteiger partial charge on any atom is -0.340 e. The largest absolute Gasteiger partial charge is 0.340 e. The van der Waals surface area contributed by atoms with Crippen LogP contribution in [0.3, 0.4) is 0 Å². The van der Waals surface area contributed by atoms with E-state index in [-0.39, 0.29) is 6.04 Å². The first-order chi connectivity index (χ1) is 6.88. The predicted molar refractivity (Wildman–Crippen MR) is 63.0 cm³/mol. The molecule has 2 saturated heterocycles. The number of nitrogens with zero attached hydrogens (tertiary/aromatic N) is 1. The van der Waals surface area contributed by atoms with Crippen LogP contribution in [-0.2, 0) is 4.79 Å². The summed E-state index contributed by atoms with van der Waals surface area (Å²) in [5.41, 5.74) is 0. The van der Waals surface area contributed by atoms with Crippen LogP contribution < -0.4 is 5.32 Å². The zero-order chi connectivity index (χ0) is 9.80. The summed E-state index contributed by atoms with van der Waals surface area (Å²) in [5, 5.41) is 3.30. The molecule has 0 aromatic heterocycles. The maximum Gasteiger partial charge on any atom is 0.240 e. The van der Waals surface area contributed by atoms with Crippen LogP contribution >= 0.6 is 23.5 Å². The van der Waals surface area contributed by atoms with E-state index in [0.29, 0.717) is 5.91 Å². The van der Waals surface area contributed by atoms with Gasteiger partial charge in [-0.05, 0) is 0 Å². The average Bonchev–Trinajstić information content (AvgIpc) is 2.30. The summed E-state index contributed by atoms with van der Waals surface area (Å²) >= 11 is 3.82. The van der Waals surface area contributed by atoms with Crippen LogP contribution in [0.25, 0.3) is 0 Å². The zero-order valence-electron chi connectivity index (χ0n) is 8.20. The highest BCUT2D eigenvalue weighted by atomic mass is 32.2. The summed E-state index contributed by atoms with van der Waals surface area (Å²) in [6, 6.07) is 0.0804. The van der Waals surface area contributed by atoms with Gasteiger partial charge in [0.25, 0.3) is 0 Å². The second kappa shape index (κ2) is 5.28. The molecule has 0 spiro atoms. The molecule has 3 nitrogen and oxygen atoms in total. The number of hydrogen-bond acceptors (Lipinski definition) is 4. The van der Waals surface area contributed by atoms with E-state index in [2.05, 4.69) is 5.32 Å². The fraction of sp³-hybridized carbons (Fsp3) is 0.889. The number of thioether (sulfide) groups is 2. The molecule has 1 amide bonds. The zero-order valence-corrected chi connectivity index (χ0v) is 9.83. The van der Waals surface area contributed by atoms with Gasteiger partial charge in [0.1, 0.15) is 0 Å². The Kier molecular flexibility index (Phi) is 4.01. The quantitative estimate of drug-likeness (QED) is 0.703. The lowest BCUT2D eigenvalue weighted by Gasteiger charge is -2.32. The molecular weight excluding hydrogens is 216 g/mol. The first-order valence-corrected chi connectivity index (χ1v) is 7.36. The predicted octanol–water partition coefficient (Wildman–Crippen LogP) is 0.267. The molecule has 1 N–H and O–H groups in total. The third-order valence-electron chi connectivity index (χ3n) is 2.54. The average molecular weight is 232 g/mol. The van der Waals surface area contributed by atoms with Crippen LogP contribution in [0.15, 0.2) is 0 Å². The molecular formula is C9H16N2OS2. The molecule has 0 aliphatic carbocycles. The highest BCUT2D eigenvalue weighted by molar-refractivity contribution is 7.99. The van der Waals surface area contributed by atoms with Gasteiger partial charge in [-0.1, -0.05) is 0 Å². The molecule has 1 atom stereocenters. The standard InChI is InChI=1S/C9H16N2OS2/c12-9(8-7-14-4-1-10-8)11-2-5-13-6-3-11/h8,10H,1-7H2. The Morgan fingerprint density at radius 2 is 2.00 bits per heavy atom. The van der Waals surface area contributed by atoms with E-state index in [4.69, 9.17) is 0 Å². The number of carbonyl (C=O) groups excluding carboxylic acids is 1. The Morgan fingerprint density at radius 3 is 2.64 bits per heavy atom. The van der Waals surface area contributed by atoms with Gasteiger partial charge in [-0.3, -0.25) is 4.79 Å². The topological polar surface area (TPSA) is 32.3 Å². The van der Waals surface area contributed by atoms with Crippen LogP contribution in [0.5, 0.6) is 0 Å². The molecule has 2 rings (SSSR count). The lowest BCUT2D eigenvalue weighted by atomic mass is 10.2. The highest BCUT2D eigenvalue weighted by Gasteiger charge is 2.26. The van der Waals surface area contributed by atoms with Crippen LogP contribution in [0.2, 0.25) is 0 Å². The van der Waals surface area contributed by atoms with E-state index in [1.807, 2.05) is 28.4 Å². The normalized spacial score (nSPS) is 28.9. The van der Waals surface area contributed by atoms with Gasteiger partial charge >= 0.3 is 0 Å². The van der Waals surface area contributed by atoms with Gasteiger partial charge in [-0.2, -0.15) is 23.5 Å². The molecule has 0 aromatic carbocycles. The SMILES string of the molecule is O=C(C1CSCCN1)N1CCSCC1. The minimum absolute atomic E-state index is 0.0804. The van der Waals surface area contributed by atoms with Gasteiger partial charge in [0.2, 0.25) is 5.91 Å². The van der Waals surface area contributed by atoms with E-state index in [0.717, 1.165) is 42.6 Å². The van der Waals surface area contributed by atoms with Crippen molar-refractivity contribution in [3.05, 3.63) is 0 Å². The van der Waals surface area contributed by atoms with Gasteiger partial charge in [0.05, 0.1) is 6.04 Å². The molecule has 5 heteroatoms. The smallest absolute Gasteiger partial charge is 0.240 e. The van der Waals surface area contributed by atoms with Crippen molar-refractivity contribution in [1.29, 1.82) is 0 Å². The van der Waals surface area contributed by atoms with Crippen LogP contribution in [0.4, 0.5) is 0 Å². The summed E-state index contributed by atoms with van der Waals surface area (Å²) in [4.78, 5) is 14.0. The summed E-state index contributed by atoms with van der Waals surface area (Å²) in [6.45, 7) is 2.85. The maximum absolute atomic E-state index is 12.0. The third-order valence-corrected chi connectivity index (χ3v) is 4.55. The van der Waals surface area contributed by atoms with E-state index < -0.39 is 0 Å². The first kappa shape index (κ1) is 10.6. The number of nitrogens with one attached hydrogen (secondary N) is 1. The maximum atomic E-state index is 12.0. The summed E-state index contributed by atoms with van der Waals surface area (Å²) < 4.78 is 0. The van der Waals surface area contributed by atoms with Crippen molar-refractivity contribution >= 4 is 29.4 Å². The molecule has 0 saturated carbocycles. The van der Waals surface area contributed by atoms with Crippen LogP contribution in [-0.4, -0.2) is 59.5 Å². The Hall–Kier alpha value is 0.130. The Bertz CT molecular complexity index is 181. The molecule has 2 aliphatic heterocycles. The first-order valence-electron chi connectivity index (χ1n) is 5.05. The third kappa shape index (κ3) is 2.58. The van der Waals surface area contributed by atoms with Crippen LogP contribution in [0, 0.1) is 0 Å². The fourth-order valence-electron chi connectivity index (χ4n) is 1.73. The van der Waals surface area contributed by atoms with E-state index in [1.165, 1.54) is 0 Å². The monoisotopic (exact) mass is 232 g/mol. The second-order valence-electron chi connectivity index (χ2n) is 3.52. The van der Waals surface area contributed by atoms with Gasteiger partial charge < -0.3 is 10.2 Å². The van der Waals surface area contributed by atoms with Gasteiger partial charge in [0.15, 0.2) is 0 Å². The number of carbonyl (C=O) groups is 1. The summed E-state index contributed by atoms with van der Waals surface area (Å²) in [6.07, 6.45) is 0. The van der Waals surface area contributed by atoms with Gasteiger partial charge in [-0.15, -0.1) is 0 Å². The van der Waals surface area contributed by atoms with Gasteiger partial charge in [0, 0.05) is 42.6 Å². The van der Waals surface area contributed by atoms with Crippen molar-refractivity contribution in [2.45, 2.75) is 6.04 Å². The Morgan fingerprint density at radius 1 is 1.21 bits per heavy atom. The molecule has 1 unspecified atom stereocenters.